The highest BCUT2D eigenvalue weighted by atomic mass is 16.6. The molecule has 2 aromatic rings. The Morgan fingerprint density at radius 3 is 2.86 bits per heavy atom. The molecule has 0 saturated heterocycles. The Morgan fingerprint density at radius 2 is 2.14 bits per heavy atom. The van der Waals surface area contributed by atoms with Crippen LogP contribution in [0.1, 0.15) is 47.6 Å². The molecule has 9 nitrogen and oxygen atoms in total. The third kappa shape index (κ3) is 4.61. The van der Waals surface area contributed by atoms with E-state index in [1.54, 1.807) is 23.1 Å². The number of nitrogens with zero attached hydrogens (tertiary/aromatic N) is 3. The van der Waals surface area contributed by atoms with Gasteiger partial charge in [0.1, 0.15) is 0 Å². The first-order valence-corrected chi connectivity index (χ1v) is 9.75. The lowest BCUT2D eigenvalue weighted by molar-refractivity contribution is -0.385. The minimum Gasteiger partial charge on any atom is -0.350 e. The molecule has 1 aromatic heterocycles. The minimum atomic E-state index is -0.479. The minimum absolute atomic E-state index is 0.0557. The highest BCUT2D eigenvalue weighted by Gasteiger charge is 2.28. The van der Waals surface area contributed by atoms with Gasteiger partial charge in [-0.05, 0) is 5.92 Å². The maximum atomic E-state index is 12.8. The molecule has 2 N–H and O–H groups in total. The van der Waals surface area contributed by atoms with Gasteiger partial charge in [-0.15, -0.1) is 0 Å². The first-order valence-electron chi connectivity index (χ1n) is 9.75. The van der Waals surface area contributed by atoms with Crippen LogP contribution in [-0.2, 0) is 24.2 Å². The monoisotopic (exact) mass is 399 g/mol. The van der Waals surface area contributed by atoms with Gasteiger partial charge in [0.15, 0.2) is 5.69 Å². The number of para-hydroxylation sites is 1. The molecule has 154 valence electrons. The van der Waals surface area contributed by atoms with E-state index in [-0.39, 0.29) is 30.5 Å². The Balaban J connectivity index is 1.71. The molecule has 1 aliphatic heterocycles. The number of nitro benzene ring substituents is 1. The predicted octanol–water partition coefficient (Wildman–Crippen LogP) is 2.22. The SMILES string of the molecule is CC[C@@H](C)CNC(=O)c1n[nH]c2c1CN(C(=O)Cc1ccccc1[N+](=O)[O-])CC2. The second-order valence-electron chi connectivity index (χ2n) is 7.38. The number of fused-ring (bicyclic) bond motifs is 1. The summed E-state index contributed by atoms with van der Waals surface area (Å²) < 4.78 is 0. The number of hydrogen-bond donors (Lipinski definition) is 2. The summed E-state index contributed by atoms with van der Waals surface area (Å²) in [7, 11) is 0. The molecule has 0 spiro atoms. The van der Waals surface area contributed by atoms with Crippen molar-refractivity contribution < 1.29 is 14.5 Å². The quantitative estimate of drug-likeness (QED) is 0.546. The van der Waals surface area contributed by atoms with Crippen molar-refractivity contribution in [3.63, 3.8) is 0 Å². The number of aromatic nitrogens is 2. The lowest BCUT2D eigenvalue weighted by Crippen LogP contribution is -2.38. The Morgan fingerprint density at radius 1 is 1.38 bits per heavy atom. The van der Waals surface area contributed by atoms with Gasteiger partial charge in [0.2, 0.25) is 5.91 Å². The van der Waals surface area contributed by atoms with Crippen LogP contribution in [0.4, 0.5) is 5.69 Å². The van der Waals surface area contributed by atoms with Crippen LogP contribution in [0.3, 0.4) is 0 Å². The van der Waals surface area contributed by atoms with Crippen molar-refractivity contribution in [2.24, 2.45) is 5.92 Å². The molecule has 0 bridgehead atoms. The standard InChI is InChI=1S/C20H25N5O4/c1-3-13(2)11-21-20(27)19-15-12-24(9-8-16(15)22-23-19)18(26)10-14-6-4-5-7-17(14)25(28)29/h4-7,13H,3,8-12H2,1-2H3,(H,21,27)(H,22,23)/t13-/m1/s1. The average Bonchev–Trinajstić information content (AvgIpc) is 3.15. The van der Waals surface area contributed by atoms with E-state index in [0.29, 0.717) is 42.2 Å². The van der Waals surface area contributed by atoms with Crippen LogP contribution in [0.15, 0.2) is 24.3 Å². The summed E-state index contributed by atoms with van der Waals surface area (Å²) in [5.41, 5.74) is 2.20. The zero-order valence-electron chi connectivity index (χ0n) is 16.6. The number of benzene rings is 1. The third-order valence-electron chi connectivity index (χ3n) is 5.34. The van der Waals surface area contributed by atoms with Gasteiger partial charge in [0.25, 0.3) is 11.6 Å². The Kier molecular flexibility index (Phi) is 6.26. The normalized spacial score (nSPS) is 14.2. The molecule has 1 atom stereocenters. The summed E-state index contributed by atoms with van der Waals surface area (Å²) in [6, 6.07) is 6.25. The summed E-state index contributed by atoms with van der Waals surface area (Å²) in [5, 5.41) is 21.1. The molecule has 0 saturated carbocycles. The number of H-pyrrole nitrogens is 1. The molecule has 0 aliphatic carbocycles. The zero-order valence-corrected chi connectivity index (χ0v) is 16.6. The number of rotatable bonds is 7. The third-order valence-corrected chi connectivity index (χ3v) is 5.34. The lowest BCUT2D eigenvalue weighted by Gasteiger charge is -2.27. The largest absolute Gasteiger partial charge is 0.350 e. The van der Waals surface area contributed by atoms with E-state index in [4.69, 9.17) is 0 Å². The first kappa shape index (κ1) is 20.5. The van der Waals surface area contributed by atoms with Gasteiger partial charge in [-0.3, -0.25) is 24.8 Å². The van der Waals surface area contributed by atoms with E-state index >= 15 is 0 Å². The molecule has 0 radical (unpaired) electrons. The van der Waals surface area contributed by atoms with E-state index in [1.807, 2.05) is 0 Å². The van der Waals surface area contributed by atoms with Crippen molar-refractivity contribution in [1.29, 1.82) is 0 Å². The molecule has 2 amide bonds. The Bertz CT molecular complexity index is 923. The Hall–Kier alpha value is -3.23. The topological polar surface area (TPSA) is 121 Å². The highest BCUT2D eigenvalue weighted by Crippen LogP contribution is 2.23. The van der Waals surface area contributed by atoms with Gasteiger partial charge in [-0.2, -0.15) is 5.10 Å². The highest BCUT2D eigenvalue weighted by molar-refractivity contribution is 5.94. The lowest BCUT2D eigenvalue weighted by atomic mass is 10.0. The molecule has 0 fully saturated rings. The van der Waals surface area contributed by atoms with Gasteiger partial charge >= 0.3 is 0 Å². The van der Waals surface area contributed by atoms with E-state index in [0.717, 1.165) is 12.1 Å². The first-order chi connectivity index (χ1) is 13.9. The van der Waals surface area contributed by atoms with Crippen LogP contribution in [-0.4, -0.2) is 44.9 Å². The van der Waals surface area contributed by atoms with Crippen molar-refractivity contribution in [3.05, 3.63) is 56.9 Å². The second-order valence-corrected chi connectivity index (χ2v) is 7.38. The maximum absolute atomic E-state index is 12.8. The summed E-state index contributed by atoms with van der Waals surface area (Å²) in [6.45, 7) is 5.43. The average molecular weight is 399 g/mol. The number of nitrogens with one attached hydrogen (secondary N) is 2. The second kappa shape index (κ2) is 8.85. The van der Waals surface area contributed by atoms with Gasteiger partial charge in [-0.25, -0.2) is 0 Å². The maximum Gasteiger partial charge on any atom is 0.273 e. The number of hydrogen-bond acceptors (Lipinski definition) is 5. The number of carbonyl (C=O) groups excluding carboxylic acids is 2. The number of amides is 2. The molecule has 3 rings (SSSR count). The molecule has 1 aliphatic rings. The van der Waals surface area contributed by atoms with Gasteiger partial charge < -0.3 is 10.2 Å². The molecule has 1 aromatic carbocycles. The summed E-state index contributed by atoms with van der Waals surface area (Å²) >= 11 is 0. The van der Waals surface area contributed by atoms with Gasteiger partial charge in [-0.1, -0.05) is 38.5 Å². The number of nitro groups is 1. The van der Waals surface area contributed by atoms with Crippen LogP contribution in [0.5, 0.6) is 0 Å². The summed E-state index contributed by atoms with van der Waals surface area (Å²) in [5.74, 6) is -0.0960. The molecule has 29 heavy (non-hydrogen) atoms. The van der Waals surface area contributed by atoms with E-state index in [1.165, 1.54) is 6.07 Å². The van der Waals surface area contributed by atoms with Crippen molar-refractivity contribution in [2.75, 3.05) is 13.1 Å². The summed E-state index contributed by atoms with van der Waals surface area (Å²) in [4.78, 5) is 37.6. The summed E-state index contributed by atoms with van der Waals surface area (Å²) in [6.07, 6.45) is 1.47. The zero-order chi connectivity index (χ0) is 21.0. The molecule has 0 unspecified atom stereocenters. The fraction of sp³-hybridized carbons (Fsp3) is 0.450. The van der Waals surface area contributed by atoms with Crippen LogP contribution in [0.2, 0.25) is 0 Å². The number of aromatic amines is 1. The molecular weight excluding hydrogens is 374 g/mol. The Labute approximate surface area is 168 Å². The van der Waals surface area contributed by atoms with Gasteiger partial charge in [0, 0.05) is 48.9 Å². The van der Waals surface area contributed by atoms with E-state index < -0.39 is 4.92 Å². The van der Waals surface area contributed by atoms with Crippen LogP contribution in [0.25, 0.3) is 0 Å². The fourth-order valence-corrected chi connectivity index (χ4v) is 3.30. The van der Waals surface area contributed by atoms with Crippen molar-refractivity contribution in [2.45, 2.75) is 39.7 Å². The molecular formula is C20H25N5O4. The molecule has 2 heterocycles. The van der Waals surface area contributed by atoms with Crippen molar-refractivity contribution in [3.8, 4) is 0 Å². The van der Waals surface area contributed by atoms with E-state index in [2.05, 4.69) is 29.4 Å². The molecule has 9 heteroatoms. The van der Waals surface area contributed by atoms with Crippen molar-refractivity contribution >= 4 is 17.5 Å². The fourth-order valence-electron chi connectivity index (χ4n) is 3.30. The van der Waals surface area contributed by atoms with Crippen LogP contribution in [0, 0.1) is 16.0 Å². The van der Waals surface area contributed by atoms with Crippen LogP contribution >= 0.6 is 0 Å². The van der Waals surface area contributed by atoms with Crippen molar-refractivity contribution in [1.82, 2.24) is 20.4 Å². The predicted molar refractivity (Wildman–Crippen MR) is 106 cm³/mol. The van der Waals surface area contributed by atoms with E-state index in [9.17, 15) is 19.7 Å². The smallest absolute Gasteiger partial charge is 0.273 e. The van der Waals surface area contributed by atoms with Gasteiger partial charge in [0.05, 0.1) is 11.3 Å². The number of carbonyl (C=O) groups is 2. The van der Waals surface area contributed by atoms with Crippen LogP contribution < -0.4 is 5.32 Å².